The molecule has 0 spiro atoms. The van der Waals surface area contributed by atoms with Crippen molar-refractivity contribution >= 4 is 17.4 Å². The fraction of sp³-hybridized carbons (Fsp3) is 0.300. The summed E-state index contributed by atoms with van der Waals surface area (Å²) < 4.78 is 2.71. The van der Waals surface area contributed by atoms with Crippen LogP contribution < -0.4 is 11.0 Å². The fourth-order valence-corrected chi connectivity index (χ4v) is 1.57. The molecule has 0 aliphatic rings. The van der Waals surface area contributed by atoms with Crippen LogP contribution in [-0.4, -0.2) is 26.4 Å². The van der Waals surface area contributed by atoms with E-state index >= 15 is 0 Å². The van der Waals surface area contributed by atoms with Crippen LogP contribution in [0.2, 0.25) is 5.02 Å². The Kier molecular flexibility index (Phi) is 3.14. The van der Waals surface area contributed by atoms with E-state index < -0.39 is 0 Å². The molecule has 90 valence electrons. The summed E-state index contributed by atoms with van der Waals surface area (Å²) in [4.78, 5) is 15.9. The van der Waals surface area contributed by atoms with Gasteiger partial charge in [0.25, 0.3) is 0 Å². The van der Waals surface area contributed by atoms with Crippen LogP contribution in [0, 0.1) is 0 Å². The molecule has 0 saturated heterocycles. The normalized spacial score (nSPS) is 10.5. The number of nitrogens with zero attached hydrogens (tertiary/aromatic N) is 4. The van der Waals surface area contributed by atoms with Gasteiger partial charge in [0.05, 0.1) is 17.3 Å². The maximum atomic E-state index is 11.6. The average molecular weight is 254 g/mol. The number of nitrogens with one attached hydrogen (secondary N) is 1. The molecule has 1 N–H and O–H groups in total. The van der Waals surface area contributed by atoms with Crippen molar-refractivity contribution in [2.75, 3.05) is 12.4 Å². The molecule has 0 atom stereocenters. The van der Waals surface area contributed by atoms with Crippen LogP contribution in [0.4, 0.5) is 5.82 Å². The van der Waals surface area contributed by atoms with E-state index in [1.165, 1.54) is 15.6 Å². The Morgan fingerprint density at radius 3 is 2.82 bits per heavy atom. The van der Waals surface area contributed by atoms with Gasteiger partial charge in [-0.25, -0.2) is 14.5 Å². The van der Waals surface area contributed by atoms with E-state index in [1.54, 1.807) is 26.2 Å². The number of rotatable bonds is 3. The van der Waals surface area contributed by atoms with Crippen molar-refractivity contribution in [1.82, 2.24) is 19.3 Å². The quantitative estimate of drug-likeness (QED) is 0.876. The van der Waals surface area contributed by atoms with Crippen LogP contribution in [0.25, 0.3) is 0 Å². The third-order valence-electron chi connectivity index (χ3n) is 2.36. The zero-order chi connectivity index (χ0) is 12.4. The summed E-state index contributed by atoms with van der Waals surface area (Å²) in [5.74, 6) is 0.702. The molecule has 2 aromatic rings. The Bertz CT molecular complexity index is 589. The molecule has 6 nitrogen and oxygen atoms in total. The second-order valence-electron chi connectivity index (χ2n) is 3.56. The summed E-state index contributed by atoms with van der Waals surface area (Å²) in [5, 5.41) is 7.39. The Labute approximate surface area is 103 Å². The first-order valence-electron chi connectivity index (χ1n) is 5.03. The maximum absolute atomic E-state index is 11.6. The number of aryl methyl sites for hydroxylation is 1. The second-order valence-corrected chi connectivity index (χ2v) is 3.96. The first kappa shape index (κ1) is 11.7. The number of hydrogen-bond donors (Lipinski definition) is 1. The monoisotopic (exact) mass is 253 g/mol. The number of hydrogen-bond acceptors (Lipinski definition) is 4. The van der Waals surface area contributed by atoms with Crippen LogP contribution >= 0.6 is 11.6 Å². The highest BCUT2D eigenvalue weighted by Gasteiger charge is 2.08. The molecule has 2 heterocycles. The van der Waals surface area contributed by atoms with Crippen molar-refractivity contribution in [3.63, 3.8) is 0 Å². The largest absolute Gasteiger partial charge is 0.373 e. The van der Waals surface area contributed by atoms with Crippen LogP contribution in [-0.2, 0) is 13.6 Å². The van der Waals surface area contributed by atoms with Gasteiger partial charge in [-0.15, -0.1) is 0 Å². The van der Waals surface area contributed by atoms with E-state index in [4.69, 9.17) is 11.6 Å². The van der Waals surface area contributed by atoms with E-state index in [-0.39, 0.29) is 12.2 Å². The van der Waals surface area contributed by atoms with E-state index in [0.29, 0.717) is 16.5 Å². The number of anilines is 1. The van der Waals surface area contributed by atoms with Crippen LogP contribution in [0.15, 0.2) is 23.3 Å². The summed E-state index contributed by atoms with van der Waals surface area (Å²) in [6.45, 7) is 0.258. The molecule has 0 amide bonds. The van der Waals surface area contributed by atoms with E-state index in [0.717, 1.165) is 0 Å². The standard InChI is InChI=1S/C10H12ClN5O/c1-12-9-4-3-7(11)8(14-9)5-16-10(17)15(2)6-13-16/h3-4,6H,5H2,1-2H3,(H,12,14). The molecule has 2 aromatic heterocycles. The van der Waals surface area contributed by atoms with Gasteiger partial charge in [0.1, 0.15) is 12.1 Å². The minimum atomic E-state index is -0.197. The molecule has 0 fully saturated rings. The minimum absolute atomic E-state index is 0.197. The van der Waals surface area contributed by atoms with E-state index in [9.17, 15) is 4.79 Å². The molecule has 0 aliphatic carbocycles. The van der Waals surface area contributed by atoms with Gasteiger partial charge < -0.3 is 5.32 Å². The molecule has 0 saturated carbocycles. The van der Waals surface area contributed by atoms with Gasteiger partial charge >= 0.3 is 5.69 Å². The van der Waals surface area contributed by atoms with Crippen molar-refractivity contribution < 1.29 is 0 Å². The van der Waals surface area contributed by atoms with Gasteiger partial charge in [-0.3, -0.25) is 4.57 Å². The molecule has 2 rings (SSSR count). The predicted octanol–water partition coefficient (Wildman–Crippen LogP) is 0.720. The number of aromatic nitrogens is 4. The molecule has 7 heteroatoms. The summed E-state index contributed by atoms with van der Waals surface area (Å²) in [7, 11) is 3.41. The predicted molar refractivity (Wildman–Crippen MR) is 65.4 cm³/mol. The summed E-state index contributed by atoms with van der Waals surface area (Å²) >= 11 is 6.02. The van der Waals surface area contributed by atoms with Gasteiger partial charge in [-0.2, -0.15) is 5.10 Å². The Balaban J connectivity index is 2.35. The summed E-state index contributed by atoms with van der Waals surface area (Å²) in [6, 6.07) is 3.51. The van der Waals surface area contributed by atoms with Crippen LogP contribution in [0.5, 0.6) is 0 Å². The Hall–Kier alpha value is -1.82. The van der Waals surface area contributed by atoms with E-state index in [2.05, 4.69) is 15.4 Å². The Morgan fingerprint density at radius 2 is 2.24 bits per heavy atom. The molecule has 0 radical (unpaired) electrons. The van der Waals surface area contributed by atoms with Crippen molar-refractivity contribution in [2.45, 2.75) is 6.54 Å². The van der Waals surface area contributed by atoms with E-state index in [1.807, 2.05) is 0 Å². The second kappa shape index (κ2) is 4.58. The molecule has 0 aliphatic heterocycles. The lowest BCUT2D eigenvalue weighted by Crippen LogP contribution is -2.24. The van der Waals surface area contributed by atoms with Gasteiger partial charge in [-0.05, 0) is 12.1 Å². The van der Waals surface area contributed by atoms with Gasteiger partial charge in [0.2, 0.25) is 0 Å². The maximum Gasteiger partial charge on any atom is 0.345 e. The highest BCUT2D eigenvalue weighted by atomic mass is 35.5. The summed E-state index contributed by atoms with van der Waals surface area (Å²) in [5.41, 5.74) is 0.414. The van der Waals surface area contributed by atoms with Gasteiger partial charge in [-0.1, -0.05) is 11.6 Å². The first-order valence-corrected chi connectivity index (χ1v) is 5.41. The highest BCUT2D eigenvalue weighted by molar-refractivity contribution is 6.31. The average Bonchev–Trinajstić information content (AvgIpc) is 2.64. The SMILES string of the molecule is CNc1ccc(Cl)c(Cn2ncn(C)c2=O)n1. The lowest BCUT2D eigenvalue weighted by atomic mass is 10.3. The molecular weight excluding hydrogens is 242 g/mol. The Morgan fingerprint density at radius 1 is 1.47 bits per heavy atom. The minimum Gasteiger partial charge on any atom is -0.373 e. The zero-order valence-corrected chi connectivity index (χ0v) is 10.3. The van der Waals surface area contributed by atoms with Crippen molar-refractivity contribution in [3.8, 4) is 0 Å². The lowest BCUT2D eigenvalue weighted by Gasteiger charge is -2.05. The third-order valence-corrected chi connectivity index (χ3v) is 2.71. The number of pyridine rings is 1. The third kappa shape index (κ3) is 2.31. The zero-order valence-electron chi connectivity index (χ0n) is 9.51. The van der Waals surface area contributed by atoms with Crippen molar-refractivity contribution in [2.24, 2.45) is 7.05 Å². The fourth-order valence-electron chi connectivity index (χ4n) is 1.41. The molecular formula is C10H12ClN5O. The molecule has 0 bridgehead atoms. The molecule has 0 aromatic carbocycles. The molecule has 0 unspecified atom stereocenters. The van der Waals surface area contributed by atoms with Crippen LogP contribution in [0.3, 0.4) is 0 Å². The molecule has 17 heavy (non-hydrogen) atoms. The smallest absolute Gasteiger partial charge is 0.345 e. The highest BCUT2D eigenvalue weighted by Crippen LogP contribution is 2.16. The summed E-state index contributed by atoms with van der Waals surface area (Å²) in [6.07, 6.45) is 1.46. The topological polar surface area (TPSA) is 64.7 Å². The number of halogens is 1. The van der Waals surface area contributed by atoms with Gasteiger partial charge in [0, 0.05) is 14.1 Å². The van der Waals surface area contributed by atoms with Crippen LogP contribution in [0.1, 0.15) is 5.69 Å². The van der Waals surface area contributed by atoms with Crippen molar-refractivity contribution in [1.29, 1.82) is 0 Å². The van der Waals surface area contributed by atoms with Gasteiger partial charge in [0.15, 0.2) is 0 Å². The lowest BCUT2D eigenvalue weighted by molar-refractivity contribution is 0.636. The van der Waals surface area contributed by atoms with Crippen molar-refractivity contribution in [3.05, 3.63) is 39.7 Å². The first-order chi connectivity index (χ1) is 8.11.